The van der Waals surface area contributed by atoms with Gasteiger partial charge in [-0.2, -0.15) is 0 Å². The molecule has 7 heteroatoms. The van der Waals surface area contributed by atoms with Crippen LogP contribution in [0.15, 0.2) is 17.0 Å². The maximum Gasteiger partial charge on any atom is 0.214 e. The third kappa shape index (κ3) is 1.29. The van der Waals surface area contributed by atoms with Gasteiger partial charge in [-0.1, -0.05) is 5.16 Å². The van der Waals surface area contributed by atoms with E-state index in [4.69, 9.17) is 10.4 Å². The van der Waals surface area contributed by atoms with Crippen molar-refractivity contribution in [1.82, 2.24) is 24.3 Å². The van der Waals surface area contributed by atoms with E-state index < -0.39 is 0 Å². The van der Waals surface area contributed by atoms with E-state index in [1.54, 1.807) is 0 Å². The van der Waals surface area contributed by atoms with Crippen LogP contribution in [0.1, 0.15) is 11.4 Å². The minimum Gasteiger partial charge on any atom is -0.325 e. The first-order valence-corrected chi connectivity index (χ1v) is 5.23. The van der Waals surface area contributed by atoms with Crippen LogP contribution >= 0.6 is 0 Å². The van der Waals surface area contributed by atoms with E-state index in [1.165, 1.54) is 0 Å². The van der Waals surface area contributed by atoms with Gasteiger partial charge in [-0.15, -0.1) is 0 Å². The lowest BCUT2D eigenvalue weighted by Gasteiger charge is -1.98. The number of rotatable bonds is 2. The lowest BCUT2D eigenvalue weighted by Crippen LogP contribution is -2.01. The van der Waals surface area contributed by atoms with Crippen LogP contribution < -0.4 is 5.73 Å². The van der Waals surface area contributed by atoms with E-state index in [0.29, 0.717) is 17.9 Å². The van der Waals surface area contributed by atoms with Crippen LogP contribution in [0, 0.1) is 6.92 Å². The Balaban J connectivity index is 2.27. The van der Waals surface area contributed by atoms with Crippen molar-refractivity contribution >= 4 is 5.78 Å². The van der Waals surface area contributed by atoms with Crippen LogP contribution in [0.3, 0.4) is 0 Å². The summed E-state index contributed by atoms with van der Waals surface area (Å²) in [5.74, 6) is 0.850. The Kier molecular flexibility index (Phi) is 2.02. The Hall–Kier alpha value is -2.15. The first-order chi connectivity index (χ1) is 8.22. The van der Waals surface area contributed by atoms with Crippen molar-refractivity contribution in [3.63, 3.8) is 0 Å². The molecule has 17 heavy (non-hydrogen) atoms. The molecule has 3 heterocycles. The van der Waals surface area contributed by atoms with Crippen molar-refractivity contribution in [2.75, 3.05) is 0 Å². The van der Waals surface area contributed by atoms with E-state index >= 15 is 0 Å². The van der Waals surface area contributed by atoms with Crippen LogP contribution in [-0.2, 0) is 13.6 Å². The zero-order chi connectivity index (χ0) is 12.0. The van der Waals surface area contributed by atoms with Crippen LogP contribution in [-0.4, -0.2) is 24.3 Å². The van der Waals surface area contributed by atoms with Crippen LogP contribution in [0.25, 0.3) is 17.2 Å². The SMILES string of the molecule is Cc1cnc2n(C)c(-c3nonc3CN)cn12. The topological polar surface area (TPSA) is 87.2 Å². The first-order valence-electron chi connectivity index (χ1n) is 5.23. The Morgan fingerprint density at radius 3 is 2.94 bits per heavy atom. The molecule has 0 radical (unpaired) electrons. The fourth-order valence-electron chi connectivity index (χ4n) is 1.91. The summed E-state index contributed by atoms with van der Waals surface area (Å²) in [4.78, 5) is 4.32. The Morgan fingerprint density at radius 2 is 2.24 bits per heavy atom. The Morgan fingerprint density at radius 1 is 1.41 bits per heavy atom. The van der Waals surface area contributed by atoms with E-state index in [0.717, 1.165) is 17.2 Å². The molecule has 0 saturated heterocycles. The zero-order valence-electron chi connectivity index (χ0n) is 9.58. The smallest absolute Gasteiger partial charge is 0.214 e. The number of nitrogens with zero attached hydrogens (tertiary/aromatic N) is 5. The highest BCUT2D eigenvalue weighted by molar-refractivity contribution is 5.60. The van der Waals surface area contributed by atoms with Gasteiger partial charge in [0.25, 0.3) is 0 Å². The van der Waals surface area contributed by atoms with Gasteiger partial charge in [0.1, 0.15) is 5.69 Å². The molecule has 0 spiro atoms. The predicted molar refractivity (Wildman–Crippen MR) is 60.1 cm³/mol. The molecule has 0 atom stereocenters. The van der Waals surface area contributed by atoms with Gasteiger partial charge in [0.2, 0.25) is 5.78 Å². The number of imidazole rings is 2. The molecule has 3 aromatic rings. The molecule has 0 aromatic carbocycles. The molecular weight excluding hydrogens is 220 g/mol. The molecule has 0 aliphatic heterocycles. The predicted octanol–water partition coefficient (Wildman–Crippen LogP) is 0.490. The fraction of sp³-hybridized carbons (Fsp3) is 0.300. The average molecular weight is 232 g/mol. The van der Waals surface area contributed by atoms with Gasteiger partial charge in [-0.25, -0.2) is 9.61 Å². The quantitative estimate of drug-likeness (QED) is 0.694. The van der Waals surface area contributed by atoms with Crippen LogP contribution in [0.4, 0.5) is 0 Å². The second kappa shape index (κ2) is 3.42. The summed E-state index contributed by atoms with van der Waals surface area (Å²) in [6, 6.07) is 0. The van der Waals surface area contributed by atoms with Gasteiger partial charge in [-0.05, 0) is 12.1 Å². The maximum absolute atomic E-state index is 5.59. The standard InChI is InChI=1S/C10H12N6O/c1-6-4-12-10-15(2)8(5-16(6)10)9-7(3-11)13-17-14-9/h4-5H,3,11H2,1-2H3. The summed E-state index contributed by atoms with van der Waals surface area (Å²) in [5, 5.41) is 7.67. The first kappa shape index (κ1) is 10.0. The number of aromatic nitrogens is 5. The number of fused-ring (bicyclic) bond motifs is 1. The highest BCUT2D eigenvalue weighted by atomic mass is 16.6. The van der Waals surface area contributed by atoms with Crippen LogP contribution in [0.5, 0.6) is 0 Å². The normalized spacial score (nSPS) is 11.5. The van der Waals surface area contributed by atoms with Crippen molar-refractivity contribution in [2.24, 2.45) is 12.8 Å². The molecule has 0 aliphatic rings. The van der Waals surface area contributed by atoms with E-state index in [1.807, 2.05) is 35.3 Å². The largest absolute Gasteiger partial charge is 0.325 e. The van der Waals surface area contributed by atoms with Gasteiger partial charge in [0.15, 0.2) is 5.69 Å². The third-order valence-electron chi connectivity index (χ3n) is 2.87. The lowest BCUT2D eigenvalue weighted by atomic mass is 10.2. The minimum atomic E-state index is 0.297. The van der Waals surface area contributed by atoms with Crippen molar-refractivity contribution < 1.29 is 4.63 Å². The number of hydrogen-bond acceptors (Lipinski definition) is 5. The van der Waals surface area contributed by atoms with Gasteiger partial charge in [-0.3, -0.25) is 4.40 Å². The molecule has 0 aliphatic carbocycles. The molecular formula is C10H12N6O. The maximum atomic E-state index is 5.59. The summed E-state index contributed by atoms with van der Waals surface area (Å²) in [5.41, 5.74) is 8.85. The van der Waals surface area contributed by atoms with Crippen LogP contribution in [0.2, 0.25) is 0 Å². The molecule has 0 fully saturated rings. The van der Waals surface area contributed by atoms with Crippen molar-refractivity contribution in [3.8, 4) is 11.4 Å². The van der Waals surface area contributed by atoms with Crippen molar-refractivity contribution in [1.29, 1.82) is 0 Å². The monoisotopic (exact) mass is 232 g/mol. The molecule has 0 saturated carbocycles. The summed E-state index contributed by atoms with van der Waals surface area (Å²) in [7, 11) is 1.92. The molecule has 3 rings (SSSR count). The lowest BCUT2D eigenvalue weighted by molar-refractivity contribution is 0.304. The molecule has 0 unspecified atom stereocenters. The molecule has 2 N–H and O–H groups in total. The summed E-state index contributed by atoms with van der Waals surface area (Å²) >= 11 is 0. The second-order valence-corrected chi connectivity index (χ2v) is 3.91. The zero-order valence-corrected chi connectivity index (χ0v) is 9.58. The number of hydrogen-bond donors (Lipinski definition) is 1. The molecule has 0 amide bonds. The van der Waals surface area contributed by atoms with Crippen molar-refractivity contribution in [3.05, 3.63) is 23.8 Å². The highest BCUT2D eigenvalue weighted by Crippen LogP contribution is 2.23. The van der Waals surface area contributed by atoms with E-state index in [2.05, 4.69) is 15.3 Å². The Labute approximate surface area is 96.8 Å². The number of aryl methyl sites for hydroxylation is 2. The van der Waals surface area contributed by atoms with E-state index in [-0.39, 0.29) is 0 Å². The van der Waals surface area contributed by atoms with Gasteiger partial charge < -0.3 is 10.3 Å². The Bertz CT molecular complexity index is 676. The number of nitrogens with two attached hydrogens (primary N) is 1. The van der Waals surface area contributed by atoms with Gasteiger partial charge in [0, 0.05) is 25.5 Å². The highest BCUT2D eigenvalue weighted by Gasteiger charge is 2.17. The minimum absolute atomic E-state index is 0.297. The molecule has 88 valence electrons. The molecule has 7 nitrogen and oxygen atoms in total. The summed E-state index contributed by atoms with van der Waals surface area (Å²) in [6.07, 6.45) is 3.78. The van der Waals surface area contributed by atoms with Gasteiger partial charge >= 0.3 is 0 Å². The average Bonchev–Trinajstić information content (AvgIpc) is 2.97. The third-order valence-corrected chi connectivity index (χ3v) is 2.87. The van der Waals surface area contributed by atoms with E-state index in [9.17, 15) is 0 Å². The van der Waals surface area contributed by atoms with Crippen molar-refractivity contribution in [2.45, 2.75) is 13.5 Å². The molecule has 3 aromatic heterocycles. The fourth-order valence-corrected chi connectivity index (χ4v) is 1.91. The molecule has 0 bridgehead atoms. The second-order valence-electron chi connectivity index (χ2n) is 3.91. The van der Waals surface area contributed by atoms with Gasteiger partial charge in [0.05, 0.1) is 11.9 Å². The summed E-state index contributed by atoms with van der Waals surface area (Å²) < 4.78 is 8.65. The summed E-state index contributed by atoms with van der Waals surface area (Å²) in [6.45, 7) is 2.29.